The number of hydrogen-bond acceptors (Lipinski definition) is 4. The van der Waals surface area contributed by atoms with Gasteiger partial charge < -0.3 is 0 Å². The first-order chi connectivity index (χ1) is 4.68. The van der Waals surface area contributed by atoms with Crippen molar-refractivity contribution in [3.05, 3.63) is 0 Å². The third-order valence-electron chi connectivity index (χ3n) is 1.76. The molecule has 0 atom stereocenters. The molecule has 0 spiro atoms. The van der Waals surface area contributed by atoms with Crippen LogP contribution in [0.1, 0.15) is 33.6 Å². The largest absolute Gasteiger partial charge is 0.220 e. The molecule has 0 amide bonds. The van der Waals surface area contributed by atoms with E-state index < -0.39 is 0 Å². The van der Waals surface area contributed by atoms with E-state index in [4.69, 9.17) is 5.26 Å². The van der Waals surface area contributed by atoms with Crippen molar-refractivity contribution < 1.29 is 14.6 Å². The fraction of sp³-hybridized carbons (Fsp3) is 1.00. The minimum Gasteiger partial charge on any atom is -0.220 e. The maximum atomic E-state index is 7.88. The van der Waals surface area contributed by atoms with Crippen LogP contribution >= 0.6 is 12.0 Å². The highest BCUT2D eigenvalue weighted by molar-refractivity contribution is 7.95. The molecule has 0 bridgehead atoms. The third kappa shape index (κ3) is 3.41. The summed E-state index contributed by atoms with van der Waals surface area (Å²) < 4.78 is 4.40. The summed E-state index contributed by atoms with van der Waals surface area (Å²) in [7, 11) is 0. The van der Waals surface area contributed by atoms with Crippen molar-refractivity contribution >= 4 is 12.0 Å². The molecule has 0 aliphatic carbocycles. The Morgan fingerprint density at radius 3 is 2.20 bits per heavy atom. The van der Waals surface area contributed by atoms with E-state index in [1.807, 2.05) is 0 Å². The summed E-state index contributed by atoms with van der Waals surface area (Å²) in [6.45, 7) is 6.19. The van der Waals surface area contributed by atoms with Crippen LogP contribution in [0.2, 0.25) is 0 Å². The monoisotopic (exact) mass is 166 g/mol. The Labute approximate surface area is 65.8 Å². The second kappa shape index (κ2) is 4.96. The fourth-order valence-electron chi connectivity index (χ4n) is 0.465. The third-order valence-corrected chi connectivity index (χ3v) is 2.87. The lowest BCUT2D eigenvalue weighted by Crippen LogP contribution is -2.17. The molecule has 0 aliphatic heterocycles. The zero-order valence-corrected chi connectivity index (χ0v) is 7.40. The molecule has 0 saturated carbocycles. The second-order valence-corrected chi connectivity index (χ2v) is 3.67. The Hall–Kier alpha value is 0.230. The van der Waals surface area contributed by atoms with Gasteiger partial charge in [-0.25, -0.2) is 5.26 Å². The van der Waals surface area contributed by atoms with E-state index in [0.29, 0.717) is 0 Å². The highest BCUT2D eigenvalue weighted by Crippen LogP contribution is 2.32. The van der Waals surface area contributed by atoms with Crippen LogP contribution in [-0.4, -0.2) is 10.0 Å². The topological polar surface area (TPSA) is 38.7 Å². The molecule has 0 radical (unpaired) electrons. The van der Waals surface area contributed by atoms with Gasteiger partial charge in [0, 0.05) is 16.8 Å². The fourth-order valence-corrected chi connectivity index (χ4v) is 0.896. The SMILES string of the molecule is CCC(C)(CC)SOOO. The van der Waals surface area contributed by atoms with E-state index in [9.17, 15) is 0 Å². The van der Waals surface area contributed by atoms with E-state index in [1.165, 1.54) is 0 Å². The summed E-state index contributed by atoms with van der Waals surface area (Å²) in [5.41, 5.74) is 0. The van der Waals surface area contributed by atoms with Gasteiger partial charge in [-0.05, 0) is 19.8 Å². The predicted molar refractivity (Wildman–Crippen MR) is 41.4 cm³/mol. The Morgan fingerprint density at radius 2 is 1.90 bits per heavy atom. The van der Waals surface area contributed by atoms with Crippen LogP contribution in [-0.2, 0) is 9.37 Å². The highest BCUT2D eigenvalue weighted by Gasteiger charge is 2.21. The van der Waals surface area contributed by atoms with Crippen molar-refractivity contribution in [2.45, 2.75) is 38.4 Å². The summed E-state index contributed by atoms with van der Waals surface area (Å²) in [5, 5.41) is 11.4. The average molecular weight is 166 g/mol. The zero-order valence-electron chi connectivity index (χ0n) is 6.59. The van der Waals surface area contributed by atoms with Crippen LogP contribution in [0.3, 0.4) is 0 Å². The van der Waals surface area contributed by atoms with Gasteiger partial charge in [0.15, 0.2) is 0 Å². The lowest BCUT2D eigenvalue weighted by atomic mass is 10.1. The molecule has 10 heavy (non-hydrogen) atoms. The van der Waals surface area contributed by atoms with E-state index >= 15 is 0 Å². The van der Waals surface area contributed by atoms with Crippen LogP contribution < -0.4 is 0 Å². The molecule has 0 saturated heterocycles. The molecular formula is C6H14O3S. The first-order valence-electron chi connectivity index (χ1n) is 3.34. The van der Waals surface area contributed by atoms with E-state index in [-0.39, 0.29) is 4.75 Å². The van der Waals surface area contributed by atoms with Crippen LogP contribution in [0.15, 0.2) is 0 Å². The molecule has 0 aliphatic rings. The average Bonchev–Trinajstić information content (AvgIpc) is 2.00. The van der Waals surface area contributed by atoms with Crippen molar-refractivity contribution in [2.24, 2.45) is 0 Å². The maximum Gasteiger partial charge on any atom is 0.0422 e. The van der Waals surface area contributed by atoms with Gasteiger partial charge in [-0.15, -0.1) is 4.33 Å². The molecule has 1 N–H and O–H groups in total. The molecule has 0 aromatic carbocycles. The van der Waals surface area contributed by atoms with Crippen molar-refractivity contribution in [1.29, 1.82) is 0 Å². The zero-order chi connectivity index (χ0) is 8.04. The molecule has 0 aromatic heterocycles. The van der Waals surface area contributed by atoms with Gasteiger partial charge in [0.1, 0.15) is 0 Å². The smallest absolute Gasteiger partial charge is 0.0422 e. The first-order valence-corrected chi connectivity index (χ1v) is 4.08. The van der Waals surface area contributed by atoms with Gasteiger partial charge in [-0.3, -0.25) is 0 Å². The van der Waals surface area contributed by atoms with Gasteiger partial charge in [0.25, 0.3) is 0 Å². The summed E-state index contributed by atoms with van der Waals surface area (Å²) in [6.07, 6.45) is 1.97. The van der Waals surface area contributed by atoms with Crippen molar-refractivity contribution in [3.63, 3.8) is 0 Å². The Kier molecular flexibility index (Phi) is 5.07. The summed E-state index contributed by atoms with van der Waals surface area (Å²) >= 11 is 1.15. The van der Waals surface area contributed by atoms with Crippen LogP contribution in [0.25, 0.3) is 0 Å². The lowest BCUT2D eigenvalue weighted by molar-refractivity contribution is -0.432. The van der Waals surface area contributed by atoms with Crippen molar-refractivity contribution in [1.82, 2.24) is 0 Å². The number of rotatable bonds is 5. The molecule has 3 nitrogen and oxygen atoms in total. The summed E-state index contributed by atoms with van der Waals surface area (Å²) in [5.74, 6) is 0. The van der Waals surface area contributed by atoms with E-state index in [2.05, 4.69) is 30.1 Å². The van der Waals surface area contributed by atoms with Gasteiger partial charge in [-0.2, -0.15) is 0 Å². The first kappa shape index (κ1) is 10.2. The molecule has 62 valence electrons. The quantitative estimate of drug-likeness (QED) is 0.387. The van der Waals surface area contributed by atoms with E-state index in [1.54, 1.807) is 0 Å². The molecule has 0 fully saturated rings. The van der Waals surface area contributed by atoms with Crippen LogP contribution in [0, 0.1) is 0 Å². The van der Waals surface area contributed by atoms with Crippen LogP contribution in [0.5, 0.6) is 0 Å². The molecule has 0 aromatic rings. The van der Waals surface area contributed by atoms with Gasteiger partial charge in [0.05, 0.1) is 0 Å². The lowest BCUT2D eigenvalue weighted by Gasteiger charge is -2.22. The van der Waals surface area contributed by atoms with Gasteiger partial charge in [-0.1, -0.05) is 18.9 Å². The Bertz CT molecular complexity index is 83.1. The number of hydrogen-bond donors (Lipinski definition) is 1. The molecule has 4 heteroatoms. The van der Waals surface area contributed by atoms with Crippen LogP contribution in [0.4, 0.5) is 0 Å². The van der Waals surface area contributed by atoms with Gasteiger partial charge >= 0.3 is 0 Å². The maximum absolute atomic E-state index is 7.88. The predicted octanol–water partition coefficient (Wildman–Crippen LogP) is 2.63. The van der Waals surface area contributed by atoms with Gasteiger partial charge in [0.2, 0.25) is 0 Å². The second-order valence-electron chi connectivity index (χ2n) is 2.38. The normalized spacial score (nSPS) is 12.0. The minimum absolute atomic E-state index is 0.0444. The van der Waals surface area contributed by atoms with Crippen molar-refractivity contribution in [2.75, 3.05) is 0 Å². The Morgan fingerprint density at radius 1 is 1.40 bits per heavy atom. The summed E-state index contributed by atoms with van der Waals surface area (Å²) in [6, 6.07) is 0. The van der Waals surface area contributed by atoms with Crippen molar-refractivity contribution in [3.8, 4) is 0 Å². The molecule has 0 unspecified atom stereocenters. The molecule has 0 heterocycles. The van der Waals surface area contributed by atoms with E-state index in [0.717, 1.165) is 24.9 Å². The molecular weight excluding hydrogens is 152 g/mol. The minimum atomic E-state index is 0.0444. The standard InChI is InChI=1S/C6H14O3S/c1-4-6(3,5-2)10-9-8-7/h7H,4-5H2,1-3H3. The Balaban J connectivity index is 3.58. The summed E-state index contributed by atoms with van der Waals surface area (Å²) in [4.78, 5) is 0. The molecule has 0 rings (SSSR count). The highest BCUT2D eigenvalue weighted by atomic mass is 32.2.